The van der Waals surface area contributed by atoms with Crippen molar-refractivity contribution in [1.82, 2.24) is 4.98 Å². The van der Waals surface area contributed by atoms with Crippen LogP contribution in [-0.4, -0.2) is 4.98 Å². The minimum atomic E-state index is 0.745. The normalized spacial score (nSPS) is 10.8. The SMILES string of the molecule is c1ccc(CNc2cc(-c3ccccc3)nc3ccoc23)cc1. The van der Waals surface area contributed by atoms with Gasteiger partial charge in [-0.15, -0.1) is 0 Å². The summed E-state index contributed by atoms with van der Waals surface area (Å²) in [5, 5.41) is 3.47. The van der Waals surface area contributed by atoms with Crippen LogP contribution in [-0.2, 0) is 6.54 Å². The summed E-state index contributed by atoms with van der Waals surface area (Å²) in [7, 11) is 0. The van der Waals surface area contributed by atoms with E-state index in [9.17, 15) is 0 Å². The Morgan fingerprint density at radius 1 is 0.870 bits per heavy atom. The Morgan fingerprint density at radius 2 is 1.61 bits per heavy atom. The molecule has 0 saturated heterocycles. The van der Waals surface area contributed by atoms with Crippen molar-refractivity contribution in [2.24, 2.45) is 0 Å². The maximum Gasteiger partial charge on any atom is 0.175 e. The van der Waals surface area contributed by atoms with Crippen LogP contribution >= 0.6 is 0 Å². The molecule has 112 valence electrons. The highest BCUT2D eigenvalue weighted by molar-refractivity contribution is 5.89. The van der Waals surface area contributed by atoms with E-state index < -0.39 is 0 Å². The monoisotopic (exact) mass is 300 g/mol. The Morgan fingerprint density at radius 3 is 2.39 bits per heavy atom. The molecule has 3 nitrogen and oxygen atoms in total. The second kappa shape index (κ2) is 5.97. The summed E-state index contributed by atoms with van der Waals surface area (Å²) in [6, 6.07) is 24.4. The number of aromatic nitrogens is 1. The van der Waals surface area contributed by atoms with Gasteiger partial charge in [0.25, 0.3) is 0 Å². The second-order valence-electron chi connectivity index (χ2n) is 5.40. The van der Waals surface area contributed by atoms with Crippen LogP contribution in [0.5, 0.6) is 0 Å². The fourth-order valence-corrected chi connectivity index (χ4v) is 2.64. The third-order valence-corrected chi connectivity index (χ3v) is 3.81. The Labute approximate surface area is 134 Å². The van der Waals surface area contributed by atoms with Gasteiger partial charge < -0.3 is 9.73 Å². The highest BCUT2D eigenvalue weighted by Gasteiger charge is 2.10. The molecule has 3 heteroatoms. The number of hydrogen-bond donors (Lipinski definition) is 1. The smallest absolute Gasteiger partial charge is 0.175 e. The molecule has 0 atom stereocenters. The predicted octanol–water partition coefficient (Wildman–Crippen LogP) is 5.11. The zero-order valence-electron chi connectivity index (χ0n) is 12.6. The highest BCUT2D eigenvalue weighted by Crippen LogP contribution is 2.29. The summed E-state index contributed by atoms with van der Waals surface area (Å²) in [5.41, 5.74) is 5.88. The lowest BCUT2D eigenvalue weighted by molar-refractivity contribution is 0.616. The third-order valence-electron chi connectivity index (χ3n) is 3.81. The topological polar surface area (TPSA) is 38.1 Å². The van der Waals surface area contributed by atoms with Crippen molar-refractivity contribution in [2.45, 2.75) is 6.54 Å². The van der Waals surface area contributed by atoms with Crippen molar-refractivity contribution >= 4 is 16.8 Å². The average Bonchev–Trinajstić information content (AvgIpc) is 3.10. The Balaban J connectivity index is 1.71. The largest absolute Gasteiger partial charge is 0.460 e. The van der Waals surface area contributed by atoms with Gasteiger partial charge >= 0.3 is 0 Å². The molecule has 2 heterocycles. The van der Waals surface area contributed by atoms with Gasteiger partial charge in [0.2, 0.25) is 0 Å². The first-order valence-corrected chi connectivity index (χ1v) is 7.61. The lowest BCUT2D eigenvalue weighted by Crippen LogP contribution is -2.00. The van der Waals surface area contributed by atoms with Gasteiger partial charge in [0, 0.05) is 18.2 Å². The van der Waals surface area contributed by atoms with E-state index in [1.165, 1.54) is 5.56 Å². The molecule has 0 spiro atoms. The van der Waals surface area contributed by atoms with Gasteiger partial charge in [0.1, 0.15) is 5.52 Å². The molecule has 4 rings (SSSR count). The molecule has 2 aromatic carbocycles. The molecule has 4 aromatic rings. The summed E-state index contributed by atoms with van der Waals surface area (Å²) in [5.74, 6) is 0. The molecule has 0 bridgehead atoms. The minimum Gasteiger partial charge on any atom is -0.460 e. The number of pyridine rings is 1. The fraction of sp³-hybridized carbons (Fsp3) is 0.0500. The van der Waals surface area contributed by atoms with Crippen molar-refractivity contribution in [2.75, 3.05) is 5.32 Å². The Hall–Kier alpha value is -3.07. The van der Waals surface area contributed by atoms with E-state index in [2.05, 4.69) is 34.6 Å². The summed E-state index contributed by atoms with van der Waals surface area (Å²) in [6.07, 6.45) is 1.68. The minimum absolute atomic E-state index is 0.745. The van der Waals surface area contributed by atoms with Crippen molar-refractivity contribution in [3.8, 4) is 11.3 Å². The molecule has 0 saturated carbocycles. The number of hydrogen-bond acceptors (Lipinski definition) is 3. The number of rotatable bonds is 4. The van der Waals surface area contributed by atoms with Gasteiger partial charge in [-0.1, -0.05) is 60.7 Å². The van der Waals surface area contributed by atoms with Crippen LogP contribution in [0.15, 0.2) is 83.5 Å². The average molecular weight is 300 g/mol. The molecular weight excluding hydrogens is 284 g/mol. The molecule has 0 aliphatic carbocycles. The number of anilines is 1. The zero-order chi connectivity index (χ0) is 15.5. The van der Waals surface area contributed by atoms with E-state index in [1.807, 2.05) is 48.5 Å². The van der Waals surface area contributed by atoms with Gasteiger partial charge in [0.05, 0.1) is 17.6 Å². The number of nitrogens with zero attached hydrogens (tertiary/aromatic N) is 1. The lowest BCUT2D eigenvalue weighted by Gasteiger charge is -2.09. The van der Waals surface area contributed by atoms with Crippen LogP contribution in [0.3, 0.4) is 0 Å². The second-order valence-corrected chi connectivity index (χ2v) is 5.40. The number of benzene rings is 2. The Bertz CT molecular complexity index is 914. The molecule has 1 N–H and O–H groups in total. The Kier molecular flexibility index (Phi) is 3.53. The maximum absolute atomic E-state index is 5.60. The third kappa shape index (κ3) is 2.81. The number of nitrogens with one attached hydrogen (secondary N) is 1. The van der Waals surface area contributed by atoms with Crippen LogP contribution in [0.2, 0.25) is 0 Å². The van der Waals surface area contributed by atoms with E-state index in [-0.39, 0.29) is 0 Å². The van der Waals surface area contributed by atoms with Gasteiger partial charge in [0.15, 0.2) is 5.58 Å². The molecule has 23 heavy (non-hydrogen) atoms. The molecule has 0 fully saturated rings. The first-order chi connectivity index (χ1) is 11.4. The van der Waals surface area contributed by atoms with E-state index >= 15 is 0 Å². The molecule has 2 aromatic heterocycles. The molecule has 0 amide bonds. The predicted molar refractivity (Wildman–Crippen MR) is 93.2 cm³/mol. The van der Waals surface area contributed by atoms with Gasteiger partial charge in [-0.2, -0.15) is 0 Å². The zero-order valence-corrected chi connectivity index (χ0v) is 12.6. The van der Waals surface area contributed by atoms with Crippen LogP contribution in [0.25, 0.3) is 22.4 Å². The van der Waals surface area contributed by atoms with E-state index in [1.54, 1.807) is 6.26 Å². The van der Waals surface area contributed by atoms with Crippen molar-refractivity contribution < 1.29 is 4.42 Å². The van der Waals surface area contributed by atoms with Crippen LogP contribution in [0, 0.1) is 0 Å². The standard InChI is InChI=1S/C20H16N2O/c1-3-7-15(8-4-1)14-21-19-13-18(16-9-5-2-6-10-16)22-17-11-12-23-20(17)19/h1-13H,14H2,(H,21,22). The first kappa shape index (κ1) is 13.6. The lowest BCUT2D eigenvalue weighted by atomic mass is 10.1. The number of furan rings is 1. The van der Waals surface area contributed by atoms with Crippen molar-refractivity contribution in [3.05, 3.63) is 84.6 Å². The van der Waals surface area contributed by atoms with Crippen LogP contribution < -0.4 is 5.32 Å². The maximum atomic E-state index is 5.60. The first-order valence-electron chi connectivity index (χ1n) is 7.61. The van der Waals surface area contributed by atoms with E-state index in [0.29, 0.717) is 0 Å². The van der Waals surface area contributed by atoms with Gasteiger partial charge in [-0.05, 0) is 11.6 Å². The fourth-order valence-electron chi connectivity index (χ4n) is 2.64. The molecule has 0 unspecified atom stereocenters. The molecule has 0 aliphatic rings. The number of fused-ring (bicyclic) bond motifs is 1. The highest BCUT2D eigenvalue weighted by atomic mass is 16.3. The van der Waals surface area contributed by atoms with E-state index in [0.717, 1.165) is 34.6 Å². The van der Waals surface area contributed by atoms with E-state index in [4.69, 9.17) is 4.42 Å². The summed E-state index contributed by atoms with van der Waals surface area (Å²) in [4.78, 5) is 4.69. The van der Waals surface area contributed by atoms with Crippen LogP contribution in [0.4, 0.5) is 5.69 Å². The van der Waals surface area contributed by atoms with Crippen molar-refractivity contribution in [3.63, 3.8) is 0 Å². The molecular formula is C20H16N2O. The van der Waals surface area contributed by atoms with Gasteiger partial charge in [-0.3, -0.25) is 0 Å². The van der Waals surface area contributed by atoms with Crippen molar-refractivity contribution in [1.29, 1.82) is 0 Å². The summed E-state index contributed by atoms with van der Waals surface area (Å²) < 4.78 is 5.60. The summed E-state index contributed by atoms with van der Waals surface area (Å²) >= 11 is 0. The molecule has 0 aliphatic heterocycles. The van der Waals surface area contributed by atoms with Gasteiger partial charge in [-0.25, -0.2) is 4.98 Å². The quantitative estimate of drug-likeness (QED) is 0.569. The molecule has 0 radical (unpaired) electrons. The van der Waals surface area contributed by atoms with Crippen LogP contribution in [0.1, 0.15) is 5.56 Å². The summed E-state index contributed by atoms with van der Waals surface area (Å²) in [6.45, 7) is 0.745.